The summed E-state index contributed by atoms with van der Waals surface area (Å²) in [5.41, 5.74) is 6.96. The van der Waals surface area contributed by atoms with Gasteiger partial charge in [0.25, 0.3) is 19.7 Å². The average molecular weight is 439 g/mol. The van der Waals surface area contributed by atoms with Crippen LogP contribution in [0.4, 0.5) is 0 Å². The molecule has 0 aromatic rings. The molecule has 2 atom stereocenters. The van der Waals surface area contributed by atoms with E-state index in [0.29, 0.717) is 6.26 Å². The zero-order chi connectivity index (χ0) is 22.8. The van der Waals surface area contributed by atoms with E-state index in [1.165, 1.54) is 21.1 Å². The highest BCUT2D eigenvalue weighted by molar-refractivity contribution is 8.31. The topological polar surface area (TPSA) is 123 Å². The summed E-state index contributed by atoms with van der Waals surface area (Å²) in [5.74, 6) is -2.18. The highest BCUT2D eigenvalue weighted by Crippen LogP contribution is 2.71. The van der Waals surface area contributed by atoms with E-state index >= 15 is 0 Å². The monoisotopic (exact) mass is 438 g/mol. The van der Waals surface area contributed by atoms with Crippen LogP contribution in [-0.2, 0) is 29.1 Å². The van der Waals surface area contributed by atoms with E-state index in [9.17, 15) is 22.4 Å². The molecule has 1 saturated carbocycles. The molecule has 0 bridgehead atoms. The minimum absolute atomic E-state index is 0.678. The Labute approximate surface area is 169 Å². The zero-order valence-corrected chi connectivity index (χ0v) is 20.4. The van der Waals surface area contributed by atoms with Gasteiger partial charge in [0.05, 0.1) is 11.0 Å². The van der Waals surface area contributed by atoms with Gasteiger partial charge in [0.15, 0.2) is 5.79 Å². The lowest BCUT2D eigenvalue weighted by atomic mass is 9.41. The smallest absolute Gasteiger partial charge is 0.359 e. The van der Waals surface area contributed by atoms with Gasteiger partial charge in [-0.2, -0.15) is 0 Å². The van der Waals surface area contributed by atoms with Crippen molar-refractivity contribution in [1.82, 2.24) is 0 Å². The number of methoxy groups -OCH3 is 2. The molecule has 1 aliphatic rings. The van der Waals surface area contributed by atoms with Crippen LogP contribution in [0.5, 0.6) is 0 Å². The quantitative estimate of drug-likeness (QED) is 0.219. The molecule has 1 aliphatic carbocycles. The highest BCUT2D eigenvalue weighted by atomic mass is 32.3. The second-order valence-corrected chi connectivity index (χ2v) is 13.9. The van der Waals surface area contributed by atoms with Crippen molar-refractivity contribution in [2.75, 3.05) is 20.5 Å². The third kappa shape index (κ3) is 2.54. The maximum atomic E-state index is 13.7. The second-order valence-electron chi connectivity index (χ2n) is 9.42. The molecule has 0 radical (unpaired) electrons. The van der Waals surface area contributed by atoms with Gasteiger partial charge in [-0.3, -0.25) is 0 Å². The SMILES string of the molecule is COC1(OC)C(C)C(C)(S(=O)(=O)C(=[N+]=[N-])S(C)(=O)=O)C(C)(C)C(C)(C)C1(C)C. The maximum Gasteiger partial charge on any atom is 0.495 e. The van der Waals surface area contributed by atoms with Gasteiger partial charge in [0.1, 0.15) is 0 Å². The van der Waals surface area contributed by atoms with Crippen LogP contribution in [0, 0.1) is 22.2 Å². The third-order valence-electron chi connectivity index (χ3n) is 8.43. The summed E-state index contributed by atoms with van der Waals surface area (Å²) in [6.07, 6.45) is 0.707. The Kier molecular flexibility index (Phi) is 5.95. The number of rotatable bonds is 3. The van der Waals surface area contributed by atoms with Gasteiger partial charge in [-0.1, -0.05) is 48.5 Å². The van der Waals surface area contributed by atoms with Crippen molar-refractivity contribution in [1.29, 1.82) is 0 Å². The molecule has 0 saturated heterocycles. The zero-order valence-electron chi connectivity index (χ0n) is 18.7. The van der Waals surface area contributed by atoms with E-state index in [-0.39, 0.29) is 0 Å². The molecule has 0 spiro atoms. The standard InChI is InChI=1S/C18H34N2O6S2/c1-12-17(8,28(23,24)13(20-19)27(11,21)22)15(4,5)14(2,3)16(6,7)18(12,25-9)26-10/h12H,1-11H3. The Morgan fingerprint density at radius 1 is 0.857 bits per heavy atom. The summed E-state index contributed by atoms with van der Waals surface area (Å²) in [5, 5.41) is 0. The first-order chi connectivity index (χ1) is 12.2. The second kappa shape index (κ2) is 6.60. The fourth-order valence-electron chi connectivity index (χ4n) is 5.31. The summed E-state index contributed by atoms with van der Waals surface area (Å²) in [6, 6.07) is 0. The first kappa shape index (κ1) is 25.2. The number of hydrogen-bond donors (Lipinski definition) is 0. The molecule has 1 rings (SSSR count). The molecule has 1 fully saturated rings. The molecule has 2 unspecified atom stereocenters. The molecular weight excluding hydrogens is 404 g/mol. The summed E-state index contributed by atoms with van der Waals surface area (Å²) >= 11 is 0. The number of sulfone groups is 2. The van der Waals surface area contributed by atoms with Crippen LogP contribution >= 0.6 is 0 Å². The fourth-order valence-corrected chi connectivity index (χ4v) is 9.59. The fraction of sp³-hybridized carbons (Fsp3) is 0.944. The van der Waals surface area contributed by atoms with Gasteiger partial charge in [0, 0.05) is 25.6 Å². The molecule has 164 valence electrons. The van der Waals surface area contributed by atoms with E-state index < -0.39 is 56.7 Å². The third-order valence-corrected chi connectivity index (χ3v) is 13.2. The van der Waals surface area contributed by atoms with Gasteiger partial charge in [-0.25, -0.2) is 16.8 Å². The Bertz CT molecular complexity index is 908. The van der Waals surface area contributed by atoms with Crippen LogP contribution in [0.1, 0.15) is 55.4 Å². The van der Waals surface area contributed by atoms with Crippen molar-refractivity contribution < 1.29 is 31.1 Å². The van der Waals surface area contributed by atoms with Crippen LogP contribution in [-0.4, -0.2) is 57.0 Å². The lowest BCUT2D eigenvalue weighted by Gasteiger charge is -2.71. The molecule has 0 aromatic carbocycles. The highest BCUT2D eigenvalue weighted by Gasteiger charge is 2.78. The van der Waals surface area contributed by atoms with E-state index in [4.69, 9.17) is 9.47 Å². The Balaban J connectivity index is 4.20. The van der Waals surface area contributed by atoms with Crippen LogP contribution in [0.15, 0.2) is 0 Å². The van der Waals surface area contributed by atoms with Gasteiger partial charge >= 0.3 is 4.38 Å². The normalized spacial score (nSPS) is 31.0. The van der Waals surface area contributed by atoms with Crippen molar-refractivity contribution in [3.8, 4) is 0 Å². The predicted molar refractivity (Wildman–Crippen MR) is 108 cm³/mol. The first-order valence-electron chi connectivity index (χ1n) is 8.99. The molecule has 28 heavy (non-hydrogen) atoms. The van der Waals surface area contributed by atoms with E-state index in [1.54, 1.807) is 20.8 Å². The molecule has 0 heterocycles. The Morgan fingerprint density at radius 2 is 1.25 bits per heavy atom. The minimum Gasteiger partial charge on any atom is -0.359 e. The summed E-state index contributed by atoms with van der Waals surface area (Å²) in [4.78, 5) is 2.69. The van der Waals surface area contributed by atoms with Gasteiger partial charge in [0.2, 0.25) is 0 Å². The van der Waals surface area contributed by atoms with Crippen molar-refractivity contribution in [2.24, 2.45) is 22.2 Å². The maximum absolute atomic E-state index is 13.7. The summed E-state index contributed by atoms with van der Waals surface area (Å²) < 4.78 is 60.5. The van der Waals surface area contributed by atoms with E-state index in [0.717, 1.165) is 0 Å². The first-order valence-corrected chi connectivity index (χ1v) is 12.4. The Hall–Kier alpha value is -0.800. The molecule has 8 nitrogen and oxygen atoms in total. The van der Waals surface area contributed by atoms with Crippen molar-refractivity contribution in [3.05, 3.63) is 5.53 Å². The average Bonchev–Trinajstić information content (AvgIpc) is 2.52. The van der Waals surface area contributed by atoms with E-state index in [1.807, 2.05) is 27.7 Å². The van der Waals surface area contributed by atoms with Crippen LogP contribution in [0.25, 0.3) is 5.53 Å². The van der Waals surface area contributed by atoms with Crippen LogP contribution in [0.2, 0.25) is 0 Å². The largest absolute Gasteiger partial charge is 0.495 e. The van der Waals surface area contributed by atoms with E-state index in [2.05, 4.69) is 4.79 Å². The van der Waals surface area contributed by atoms with Gasteiger partial charge < -0.3 is 15.0 Å². The summed E-state index contributed by atoms with van der Waals surface area (Å²) in [6.45, 7) is 14.4. The van der Waals surface area contributed by atoms with Crippen molar-refractivity contribution in [2.45, 2.75) is 65.9 Å². The summed E-state index contributed by atoms with van der Waals surface area (Å²) in [7, 11) is -6.08. The number of nitrogens with zero attached hydrogens (tertiary/aromatic N) is 2. The molecule has 0 amide bonds. The van der Waals surface area contributed by atoms with Crippen LogP contribution < -0.4 is 0 Å². The van der Waals surface area contributed by atoms with Gasteiger partial charge in [-0.05, 0) is 17.8 Å². The number of ether oxygens (including phenoxy) is 2. The lowest BCUT2D eigenvalue weighted by molar-refractivity contribution is -0.363. The van der Waals surface area contributed by atoms with Gasteiger partial charge in [-0.15, -0.1) is 4.79 Å². The number of hydrogen-bond acceptors (Lipinski definition) is 6. The lowest BCUT2D eigenvalue weighted by Crippen LogP contribution is -2.78. The minimum atomic E-state index is -4.65. The molecule has 0 aliphatic heterocycles. The van der Waals surface area contributed by atoms with Crippen molar-refractivity contribution >= 4 is 24.1 Å². The molecular formula is C18H34N2O6S2. The van der Waals surface area contributed by atoms with Crippen LogP contribution in [0.3, 0.4) is 0 Å². The predicted octanol–water partition coefficient (Wildman–Crippen LogP) is 2.51. The Morgan fingerprint density at radius 3 is 1.54 bits per heavy atom. The molecule has 0 N–H and O–H groups in total. The molecule has 0 aromatic heterocycles. The van der Waals surface area contributed by atoms with Crippen molar-refractivity contribution in [3.63, 3.8) is 0 Å². The molecule has 10 heteroatoms.